The Morgan fingerprint density at radius 2 is 0.591 bits per heavy atom. The molecule has 0 N–H and O–H groups in total. The molecule has 0 saturated carbocycles. The Labute approximate surface area is 417 Å². The number of hydrogen-bond acceptors (Lipinski definition) is 3. The maximum atomic E-state index is 9.44. The van der Waals surface area contributed by atoms with Crippen molar-refractivity contribution in [1.82, 2.24) is 0 Å². The first kappa shape index (κ1) is 36.4. The van der Waals surface area contributed by atoms with Crippen LogP contribution in [0.3, 0.4) is 0 Å². The zero-order chi connectivity index (χ0) is 56.1. The summed E-state index contributed by atoms with van der Waals surface area (Å²) in [5.41, 5.74) is 6.90. The van der Waals surface area contributed by atoms with Gasteiger partial charge in [-0.1, -0.05) is 179 Å². The van der Waals surface area contributed by atoms with E-state index in [0.717, 1.165) is 70.7 Å². The van der Waals surface area contributed by atoms with Gasteiger partial charge in [0.2, 0.25) is 0 Å². The van der Waals surface area contributed by atoms with Crippen molar-refractivity contribution >= 4 is 62.8 Å². The quantitative estimate of drug-likeness (QED) is 0.0901. The van der Waals surface area contributed by atoms with Crippen LogP contribution in [0, 0.1) is 0 Å². The lowest BCUT2D eigenvalue weighted by molar-refractivity contribution is 0.506. The van der Waals surface area contributed by atoms with Gasteiger partial charge in [0.25, 0.3) is 0 Å². The Morgan fingerprint density at radius 1 is 0.348 bits per heavy atom. The smallest absolute Gasteiger partial charge is 0.0888 e. The molecule has 0 fully saturated rings. The molecule has 4 heteroatoms. The standard InChI is InChI=1S/C62H72ClN3/c1-13-59(5,6)45-27-35-51(36-28-45)65(52-37-29-46(30-38-52)60(7,8)14-2)56-43-55(64(49-23-19-17-20-24-49)50-25-21-18-22-26-50)44-57(58(56)63)66(53-39-31-47(32-40-53)61(9,10)15-3)54-41-33-48(34-42-54)62(11,12)16-4/h17-44H,13-16H2,1-12H3/i17D,18D,19D,20D,21D,22D,23D,24D,25D,26D. The van der Waals surface area contributed by atoms with Gasteiger partial charge in [-0.3, -0.25) is 0 Å². The molecule has 0 spiro atoms. The van der Waals surface area contributed by atoms with Crippen LogP contribution in [0.5, 0.6) is 0 Å². The number of halogens is 1. The molecule has 0 saturated heterocycles. The Bertz CT molecular complexity index is 2870. The van der Waals surface area contributed by atoms with Crippen LogP contribution in [0.25, 0.3) is 0 Å². The van der Waals surface area contributed by atoms with E-state index in [1.54, 1.807) is 12.1 Å². The first-order valence-electron chi connectivity index (χ1n) is 28.4. The molecule has 3 nitrogen and oxygen atoms in total. The third-order valence-corrected chi connectivity index (χ3v) is 14.7. The third-order valence-electron chi connectivity index (χ3n) is 14.3. The highest BCUT2D eigenvalue weighted by molar-refractivity contribution is 6.37. The predicted molar refractivity (Wildman–Crippen MR) is 289 cm³/mol. The fourth-order valence-electron chi connectivity index (χ4n) is 8.03. The van der Waals surface area contributed by atoms with Gasteiger partial charge in [-0.2, -0.15) is 0 Å². The van der Waals surface area contributed by atoms with Crippen molar-refractivity contribution in [1.29, 1.82) is 0 Å². The average molecular weight is 905 g/mol. The van der Waals surface area contributed by atoms with Gasteiger partial charge in [-0.05, 0) is 154 Å². The summed E-state index contributed by atoms with van der Waals surface area (Å²) < 4.78 is 90.7. The average Bonchev–Trinajstić information content (AvgIpc) is 3.42. The van der Waals surface area contributed by atoms with Crippen LogP contribution >= 0.6 is 11.6 Å². The summed E-state index contributed by atoms with van der Waals surface area (Å²) in [5.74, 6) is 0. The van der Waals surface area contributed by atoms with Crippen molar-refractivity contribution in [2.24, 2.45) is 0 Å². The molecule has 342 valence electrons. The molecule has 0 bridgehead atoms. The largest absolute Gasteiger partial charge is 0.310 e. The molecule has 7 aromatic rings. The van der Waals surface area contributed by atoms with Crippen LogP contribution in [0.2, 0.25) is 5.02 Å². The van der Waals surface area contributed by atoms with E-state index in [4.69, 9.17) is 19.8 Å². The van der Waals surface area contributed by atoms with Gasteiger partial charge in [0.15, 0.2) is 0 Å². The van der Waals surface area contributed by atoms with Crippen LogP contribution < -0.4 is 14.7 Å². The summed E-state index contributed by atoms with van der Waals surface area (Å²) in [6.07, 6.45) is 3.60. The van der Waals surface area contributed by atoms with Crippen molar-refractivity contribution in [2.45, 2.75) is 130 Å². The predicted octanol–water partition coefficient (Wildman–Crippen LogP) is 19.5. The van der Waals surface area contributed by atoms with Crippen molar-refractivity contribution in [3.63, 3.8) is 0 Å². The van der Waals surface area contributed by atoms with Crippen molar-refractivity contribution in [3.8, 4) is 0 Å². The fourth-order valence-corrected chi connectivity index (χ4v) is 8.31. The van der Waals surface area contributed by atoms with Crippen LogP contribution in [-0.4, -0.2) is 0 Å². The molecule has 7 rings (SSSR count). The molecular weight excluding hydrogens is 822 g/mol. The molecule has 0 radical (unpaired) electrons. The Hall–Kier alpha value is -5.77. The molecule has 66 heavy (non-hydrogen) atoms. The Balaban J connectivity index is 1.71. The van der Waals surface area contributed by atoms with E-state index < -0.39 is 71.8 Å². The third kappa shape index (κ3) is 9.98. The normalized spacial score (nSPS) is 14.4. The van der Waals surface area contributed by atoms with E-state index in [1.807, 2.05) is 58.3 Å². The van der Waals surface area contributed by atoms with Gasteiger partial charge in [0.05, 0.1) is 35.8 Å². The van der Waals surface area contributed by atoms with Gasteiger partial charge in [0.1, 0.15) is 0 Å². The topological polar surface area (TPSA) is 9.72 Å². The number of hydrogen-bond donors (Lipinski definition) is 0. The number of para-hydroxylation sites is 2. The first-order valence-corrected chi connectivity index (χ1v) is 23.8. The first-order chi connectivity index (χ1) is 35.6. The van der Waals surface area contributed by atoms with Crippen molar-refractivity contribution < 1.29 is 13.7 Å². The molecule has 7 aromatic carbocycles. The highest BCUT2D eigenvalue weighted by Gasteiger charge is 2.29. The summed E-state index contributed by atoms with van der Waals surface area (Å²) in [5, 5.41) is 0.262. The van der Waals surface area contributed by atoms with Crippen molar-refractivity contribution in [3.05, 3.63) is 197 Å². The molecule has 0 atom stereocenters. The lowest BCUT2D eigenvalue weighted by Gasteiger charge is -2.35. The minimum Gasteiger partial charge on any atom is -0.310 e. The maximum Gasteiger partial charge on any atom is 0.0888 e. The fraction of sp³-hybridized carbons (Fsp3) is 0.323. The van der Waals surface area contributed by atoms with E-state index in [-0.39, 0.29) is 32.4 Å². The van der Waals surface area contributed by atoms with Gasteiger partial charge < -0.3 is 14.7 Å². The second-order valence-corrected chi connectivity index (χ2v) is 20.3. The van der Waals surface area contributed by atoms with Gasteiger partial charge in [-0.15, -0.1) is 0 Å². The molecular formula is C62H72ClN3. The van der Waals surface area contributed by atoms with E-state index in [0.29, 0.717) is 11.4 Å². The lowest BCUT2D eigenvalue weighted by atomic mass is 9.82. The molecule has 0 aliphatic heterocycles. The number of nitrogens with zero attached hydrogens (tertiary/aromatic N) is 3. The van der Waals surface area contributed by atoms with Crippen molar-refractivity contribution in [2.75, 3.05) is 14.7 Å². The number of rotatable bonds is 17. The Kier molecular flexibility index (Phi) is 10.8. The Morgan fingerprint density at radius 3 is 0.818 bits per heavy atom. The number of benzene rings is 7. The molecule has 0 amide bonds. The summed E-state index contributed by atoms with van der Waals surface area (Å²) >= 11 is 8.12. The second kappa shape index (κ2) is 19.6. The molecule has 0 aliphatic carbocycles. The second-order valence-electron chi connectivity index (χ2n) is 19.9. The van der Waals surface area contributed by atoms with E-state index >= 15 is 0 Å². The summed E-state index contributed by atoms with van der Waals surface area (Å²) in [6, 6.07) is 30.1. The summed E-state index contributed by atoms with van der Waals surface area (Å²) in [4.78, 5) is 5.24. The van der Waals surface area contributed by atoms with Crippen LogP contribution in [0.15, 0.2) is 170 Å². The minimum absolute atomic E-state index is 0.0985. The van der Waals surface area contributed by atoms with Gasteiger partial charge >= 0.3 is 0 Å². The molecule has 0 aliphatic rings. The SMILES string of the molecule is [2H]c1c([2H])c([2H])c(N(c2cc(N(c3ccc(C(C)(C)CC)cc3)c3ccc(C(C)(C)CC)cc3)c(Cl)c(N(c3ccc(C(C)(C)CC)cc3)c3ccc(C(C)(C)CC)cc3)c2)c2c([2H])c([2H])c([2H])c([2H])c2[2H])c([2H])c1[2H]. The van der Waals surface area contributed by atoms with E-state index in [2.05, 4.69) is 132 Å². The number of anilines is 9. The highest BCUT2D eigenvalue weighted by atomic mass is 35.5. The summed E-state index contributed by atoms with van der Waals surface area (Å²) in [6.45, 7) is 26.2. The van der Waals surface area contributed by atoms with Gasteiger partial charge in [0, 0.05) is 34.1 Å². The van der Waals surface area contributed by atoms with E-state index in [9.17, 15) is 5.48 Å². The highest BCUT2D eigenvalue weighted by Crippen LogP contribution is 2.51. The van der Waals surface area contributed by atoms with Crippen LogP contribution in [0.1, 0.15) is 145 Å². The van der Waals surface area contributed by atoms with E-state index in [1.165, 1.54) is 4.90 Å². The van der Waals surface area contributed by atoms with Gasteiger partial charge in [-0.25, -0.2) is 0 Å². The maximum absolute atomic E-state index is 9.44. The van der Waals surface area contributed by atoms with Crippen LogP contribution in [-0.2, 0) is 21.7 Å². The molecule has 0 unspecified atom stereocenters. The zero-order valence-electron chi connectivity index (χ0n) is 50.9. The summed E-state index contributed by atoms with van der Waals surface area (Å²) in [7, 11) is 0. The minimum atomic E-state index is -0.665. The van der Waals surface area contributed by atoms with Crippen LogP contribution in [0.4, 0.5) is 51.2 Å². The monoisotopic (exact) mass is 904 g/mol. The zero-order valence-corrected chi connectivity index (χ0v) is 41.7. The lowest BCUT2D eigenvalue weighted by Crippen LogP contribution is -2.19. The molecule has 0 aromatic heterocycles. The molecule has 0 heterocycles.